The molecule has 1 amide bonds. The van der Waals surface area contributed by atoms with Crippen molar-refractivity contribution in [2.75, 3.05) is 6.54 Å². The average molecular weight is 265 g/mol. The lowest BCUT2D eigenvalue weighted by atomic mass is 10.4. The van der Waals surface area contributed by atoms with Gasteiger partial charge in [-0.15, -0.1) is 0 Å². The third kappa shape index (κ3) is 3.47. The van der Waals surface area contributed by atoms with Gasteiger partial charge in [0.1, 0.15) is 0 Å². The van der Waals surface area contributed by atoms with Gasteiger partial charge in [0, 0.05) is 12.2 Å². The van der Waals surface area contributed by atoms with E-state index in [0.29, 0.717) is 5.69 Å². The summed E-state index contributed by atoms with van der Waals surface area (Å²) in [4.78, 5) is 21.1. The van der Waals surface area contributed by atoms with Crippen molar-refractivity contribution in [1.82, 2.24) is 15.1 Å². The van der Waals surface area contributed by atoms with Crippen LogP contribution in [-0.4, -0.2) is 39.5 Å². The van der Waals surface area contributed by atoms with E-state index in [4.69, 9.17) is 5.11 Å². The molecule has 0 fully saturated rings. The van der Waals surface area contributed by atoms with Crippen LogP contribution in [-0.2, 0) is 11.3 Å². The summed E-state index contributed by atoms with van der Waals surface area (Å²) in [7, 11) is 0. The van der Waals surface area contributed by atoms with Crippen molar-refractivity contribution in [3.8, 4) is 0 Å². The summed E-state index contributed by atoms with van der Waals surface area (Å²) in [5, 5.41) is 14.0. The van der Waals surface area contributed by atoms with Gasteiger partial charge in [0.05, 0.1) is 6.54 Å². The number of aromatic carboxylic acids is 1. The lowest BCUT2D eigenvalue weighted by Gasteiger charge is -2.08. The predicted molar refractivity (Wildman–Crippen MR) is 53.0 cm³/mol. The molecule has 2 N–H and O–H groups in total. The Labute approximate surface area is 99.4 Å². The van der Waals surface area contributed by atoms with Crippen molar-refractivity contribution < 1.29 is 27.9 Å². The molecule has 0 atom stereocenters. The van der Waals surface area contributed by atoms with Crippen LogP contribution in [0.3, 0.4) is 0 Å². The number of hydrogen-bond donors (Lipinski definition) is 2. The quantitative estimate of drug-likeness (QED) is 0.833. The number of nitrogens with zero attached hydrogens (tertiary/aromatic N) is 2. The highest BCUT2D eigenvalue weighted by Crippen LogP contribution is 2.13. The SMILES string of the molecule is Cc1cc(C(=O)O)nn1CCNC(=O)C(F)(F)F. The molecule has 0 spiro atoms. The zero-order valence-corrected chi connectivity index (χ0v) is 9.28. The van der Waals surface area contributed by atoms with E-state index >= 15 is 0 Å². The van der Waals surface area contributed by atoms with Crippen molar-refractivity contribution in [2.45, 2.75) is 19.6 Å². The number of hydrogen-bond acceptors (Lipinski definition) is 3. The first-order chi connectivity index (χ1) is 8.21. The maximum atomic E-state index is 11.9. The molecule has 9 heteroatoms. The molecule has 0 aromatic carbocycles. The van der Waals surface area contributed by atoms with Crippen molar-refractivity contribution in [3.63, 3.8) is 0 Å². The van der Waals surface area contributed by atoms with Gasteiger partial charge in [0.2, 0.25) is 0 Å². The highest BCUT2D eigenvalue weighted by molar-refractivity contribution is 5.85. The van der Waals surface area contributed by atoms with E-state index in [2.05, 4.69) is 5.10 Å². The molecule has 0 aliphatic heterocycles. The molecule has 0 bridgehead atoms. The molecule has 0 saturated carbocycles. The van der Waals surface area contributed by atoms with Crippen molar-refractivity contribution in [1.29, 1.82) is 0 Å². The summed E-state index contributed by atoms with van der Waals surface area (Å²) in [5.74, 6) is -3.26. The van der Waals surface area contributed by atoms with Crippen molar-refractivity contribution >= 4 is 11.9 Å². The molecule has 1 heterocycles. The third-order valence-corrected chi connectivity index (χ3v) is 2.07. The van der Waals surface area contributed by atoms with Crippen LogP contribution in [0.2, 0.25) is 0 Å². The molecule has 0 saturated heterocycles. The van der Waals surface area contributed by atoms with Gasteiger partial charge < -0.3 is 10.4 Å². The molecular weight excluding hydrogens is 255 g/mol. The number of rotatable bonds is 4. The highest BCUT2D eigenvalue weighted by atomic mass is 19.4. The number of carboxylic acids is 1. The molecule has 1 aromatic rings. The van der Waals surface area contributed by atoms with Gasteiger partial charge in [-0.3, -0.25) is 9.48 Å². The smallest absolute Gasteiger partial charge is 0.471 e. The van der Waals surface area contributed by atoms with E-state index in [1.807, 2.05) is 0 Å². The fourth-order valence-electron chi connectivity index (χ4n) is 1.22. The Morgan fingerprint density at radius 3 is 2.56 bits per heavy atom. The molecule has 6 nitrogen and oxygen atoms in total. The number of nitrogens with one attached hydrogen (secondary N) is 1. The van der Waals surface area contributed by atoms with E-state index in [1.54, 1.807) is 12.2 Å². The summed E-state index contributed by atoms with van der Waals surface area (Å²) < 4.78 is 36.8. The fourth-order valence-corrected chi connectivity index (χ4v) is 1.22. The lowest BCUT2D eigenvalue weighted by molar-refractivity contribution is -0.173. The standard InChI is InChI=1S/C9H10F3N3O3/c1-5-4-6(7(16)17)14-15(5)3-2-13-8(18)9(10,11)12/h4H,2-3H2,1H3,(H,13,18)(H,16,17). The second kappa shape index (κ2) is 5.07. The van der Waals surface area contributed by atoms with Crippen LogP contribution in [0.4, 0.5) is 13.2 Å². The molecule has 0 unspecified atom stereocenters. The topological polar surface area (TPSA) is 84.2 Å². The molecule has 1 aromatic heterocycles. The first-order valence-electron chi connectivity index (χ1n) is 4.84. The van der Waals surface area contributed by atoms with Crippen LogP contribution in [0.1, 0.15) is 16.2 Å². The number of carbonyl (C=O) groups is 2. The average Bonchev–Trinajstić information content (AvgIpc) is 2.59. The van der Waals surface area contributed by atoms with Gasteiger partial charge in [-0.25, -0.2) is 4.79 Å². The number of alkyl halides is 3. The Kier molecular flexibility index (Phi) is 3.94. The largest absolute Gasteiger partial charge is 0.476 e. The summed E-state index contributed by atoms with van der Waals surface area (Å²) in [6.45, 7) is 1.23. The summed E-state index contributed by atoms with van der Waals surface area (Å²) in [6, 6.07) is 1.29. The Morgan fingerprint density at radius 1 is 1.50 bits per heavy atom. The minimum absolute atomic E-state index is 0.0407. The number of amides is 1. The van der Waals surface area contributed by atoms with E-state index < -0.39 is 18.1 Å². The third-order valence-electron chi connectivity index (χ3n) is 2.07. The minimum atomic E-state index is -4.93. The molecule has 18 heavy (non-hydrogen) atoms. The molecule has 100 valence electrons. The van der Waals surface area contributed by atoms with Crippen LogP contribution < -0.4 is 5.32 Å². The van der Waals surface area contributed by atoms with Gasteiger partial charge in [-0.05, 0) is 13.0 Å². The van der Waals surface area contributed by atoms with Crippen LogP contribution in [0.5, 0.6) is 0 Å². The second-order valence-corrected chi connectivity index (χ2v) is 3.45. The number of aromatic nitrogens is 2. The second-order valence-electron chi connectivity index (χ2n) is 3.45. The first kappa shape index (κ1) is 14.0. The number of carbonyl (C=O) groups excluding carboxylic acids is 1. The van der Waals surface area contributed by atoms with Gasteiger partial charge in [0.15, 0.2) is 5.69 Å². The Bertz CT molecular complexity index is 467. The maximum absolute atomic E-state index is 11.9. The monoisotopic (exact) mass is 265 g/mol. The number of carboxylic acid groups (broad SMARTS) is 1. The van der Waals surface area contributed by atoms with Crippen LogP contribution >= 0.6 is 0 Å². The van der Waals surface area contributed by atoms with E-state index in [1.165, 1.54) is 10.7 Å². The van der Waals surface area contributed by atoms with Gasteiger partial charge in [-0.1, -0.05) is 0 Å². The molecular formula is C9H10F3N3O3. The normalized spacial score (nSPS) is 11.3. The maximum Gasteiger partial charge on any atom is 0.471 e. The molecule has 1 rings (SSSR count). The molecule has 0 aliphatic carbocycles. The van der Waals surface area contributed by atoms with E-state index in [-0.39, 0.29) is 18.8 Å². The van der Waals surface area contributed by atoms with Gasteiger partial charge >= 0.3 is 18.1 Å². The fraction of sp³-hybridized carbons (Fsp3) is 0.444. The van der Waals surface area contributed by atoms with Crippen molar-refractivity contribution in [3.05, 3.63) is 17.5 Å². The van der Waals surface area contributed by atoms with Gasteiger partial charge in [-0.2, -0.15) is 18.3 Å². The van der Waals surface area contributed by atoms with E-state index in [0.717, 1.165) is 0 Å². The molecule has 0 aliphatic rings. The van der Waals surface area contributed by atoms with E-state index in [9.17, 15) is 22.8 Å². The lowest BCUT2D eigenvalue weighted by Crippen LogP contribution is -2.38. The predicted octanol–water partition coefficient (Wildman–Crippen LogP) is 0.568. The summed E-state index contributed by atoms with van der Waals surface area (Å²) >= 11 is 0. The molecule has 0 radical (unpaired) electrons. The highest BCUT2D eigenvalue weighted by Gasteiger charge is 2.38. The Morgan fingerprint density at radius 2 is 2.11 bits per heavy atom. The first-order valence-corrected chi connectivity index (χ1v) is 4.84. The van der Waals surface area contributed by atoms with Crippen LogP contribution in [0.15, 0.2) is 6.07 Å². The zero-order chi connectivity index (χ0) is 13.9. The van der Waals surface area contributed by atoms with Gasteiger partial charge in [0.25, 0.3) is 0 Å². The summed E-state index contributed by atoms with van der Waals surface area (Å²) in [5.41, 5.74) is 0.281. The van der Waals surface area contributed by atoms with Crippen molar-refractivity contribution in [2.24, 2.45) is 0 Å². The number of aryl methyl sites for hydroxylation is 1. The zero-order valence-electron chi connectivity index (χ0n) is 9.28. The number of halogens is 3. The minimum Gasteiger partial charge on any atom is -0.476 e. The van der Waals surface area contributed by atoms with Crippen LogP contribution in [0, 0.1) is 6.92 Å². The van der Waals surface area contributed by atoms with Crippen LogP contribution in [0.25, 0.3) is 0 Å². The summed E-state index contributed by atoms with van der Waals surface area (Å²) in [6.07, 6.45) is -4.93. The Hall–Kier alpha value is -2.06. The Balaban J connectivity index is 2.55.